The van der Waals surface area contributed by atoms with Crippen LogP contribution in [0.1, 0.15) is 38.2 Å². The largest absolute Gasteiger partial charge is 0.481 e. The van der Waals surface area contributed by atoms with Gasteiger partial charge in [-0.3, -0.25) is 9.59 Å². The van der Waals surface area contributed by atoms with Crippen LogP contribution in [0.4, 0.5) is 0 Å². The van der Waals surface area contributed by atoms with E-state index in [-0.39, 0.29) is 5.76 Å². The molecule has 0 atom stereocenters. The molecule has 1 aromatic carbocycles. The van der Waals surface area contributed by atoms with E-state index in [0.29, 0.717) is 5.58 Å². The highest BCUT2D eigenvalue weighted by Crippen LogP contribution is 2.31. The molecule has 21 heavy (non-hydrogen) atoms. The van der Waals surface area contributed by atoms with E-state index in [1.165, 1.54) is 0 Å². The fraction of sp³-hybridized carbons (Fsp3) is 0.375. The minimum atomic E-state index is -1.12. The molecule has 1 aromatic heterocycles. The van der Waals surface area contributed by atoms with Crippen molar-refractivity contribution in [2.24, 2.45) is 5.41 Å². The third-order valence-electron chi connectivity index (χ3n) is 4.17. The van der Waals surface area contributed by atoms with E-state index in [4.69, 9.17) is 4.42 Å². The van der Waals surface area contributed by atoms with Gasteiger partial charge < -0.3 is 14.8 Å². The zero-order valence-electron chi connectivity index (χ0n) is 12.6. The fourth-order valence-electron chi connectivity index (χ4n) is 1.86. The highest BCUT2D eigenvalue weighted by Gasteiger charge is 2.44. The van der Waals surface area contributed by atoms with Crippen molar-refractivity contribution >= 4 is 22.8 Å². The summed E-state index contributed by atoms with van der Waals surface area (Å²) >= 11 is 0. The molecule has 0 aliphatic heterocycles. The van der Waals surface area contributed by atoms with Crippen LogP contribution in [0.2, 0.25) is 0 Å². The first kappa shape index (κ1) is 15.1. The third-order valence-corrected chi connectivity index (χ3v) is 4.17. The van der Waals surface area contributed by atoms with Crippen LogP contribution in [0.25, 0.3) is 11.0 Å². The SMILES string of the molecule is CC(C)(NC(=O)c1cc2ccccc2o1)C(C)(C)C(=O)O. The number of benzene rings is 1. The van der Waals surface area contributed by atoms with Crippen molar-refractivity contribution in [1.82, 2.24) is 5.32 Å². The molecule has 0 unspecified atom stereocenters. The standard InChI is InChI=1S/C16H19NO4/c1-15(2,14(19)20)16(3,4)17-13(18)12-9-10-7-5-6-8-11(10)21-12/h5-9H,1-4H3,(H,17,18)(H,19,20). The number of carbonyl (C=O) groups excluding carboxylic acids is 1. The molecule has 0 saturated heterocycles. The number of fused-ring (bicyclic) bond motifs is 1. The van der Waals surface area contributed by atoms with Gasteiger partial charge in [0, 0.05) is 5.39 Å². The Kier molecular flexibility index (Phi) is 3.53. The second-order valence-electron chi connectivity index (χ2n) is 6.16. The second-order valence-corrected chi connectivity index (χ2v) is 6.16. The summed E-state index contributed by atoms with van der Waals surface area (Å²) in [4.78, 5) is 23.7. The number of hydrogen-bond acceptors (Lipinski definition) is 3. The number of carbonyl (C=O) groups is 2. The van der Waals surface area contributed by atoms with Crippen molar-refractivity contribution in [2.45, 2.75) is 33.2 Å². The lowest BCUT2D eigenvalue weighted by Crippen LogP contribution is -2.56. The Morgan fingerprint density at radius 3 is 2.33 bits per heavy atom. The van der Waals surface area contributed by atoms with E-state index in [2.05, 4.69) is 5.32 Å². The van der Waals surface area contributed by atoms with Gasteiger partial charge in [-0.1, -0.05) is 18.2 Å². The van der Waals surface area contributed by atoms with Crippen molar-refractivity contribution in [1.29, 1.82) is 0 Å². The monoisotopic (exact) mass is 289 g/mol. The first-order valence-corrected chi connectivity index (χ1v) is 6.69. The average Bonchev–Trinajstić information content (AvgIpc) is 2.81. The van der Waals surface area contributed by atoms with Crippen LogP contribution in [-0.2, 0) is 4.79 Å². The third kappa shape index (κ3) is 2.63. The van der Waals surface area contributed by atoms with Crippen molar-refractivity contribution in [3.63, 3.8) is 0 Å². The molecule has 2 rings (SSSR count). The topological polar surface area (TPSA) is 79.5 Å². The summed E-state index contributed by atoms with van der Waals surface area (Å²) in [5.41, 5.74) is -1.43. The van der Waals surface area contributed by atoms with Gasteiger partial charge in [0.1, 0.15) is 5.58 Å². The summed E-state index contributed by atoms with van der Waals surface area (Å²) < 4.78 is 5.49. The van der Waals surface area contributed by atoms with Crippen LogP contribution >= 0.6 is 0 Å². The lowest BCUT2D eigenvalue weighted by Gasteiger charge is -2.38. The molecule has 0 saturated carbocycles. The van der Waals surface area contributed by atoms with E-state index < -0.39 is 22.8 Å². The molecular formula is C16H19NO4. The van der Waals surface area contributed by atoms with Crippen molar-refractivity contribution in [3.05, 3.63) is 36.1 Å². The molecule has 2 aromatic rings. The number of para-hydroxylation sites is 1. The molecule has 1 amide bonds. The normalized spacial score (nSPS) is 12.4. The number of amides is 1. The summed E-state index contributed by atoms with van der Waals surface area (Å²) in [5.74, 6) is -1.23. The average molecular weight is 289 g/mol. The zero-order chi connectivity index (χ0) is 15.8. The van der Waals surface area contributed by atoms with Gasteiger partial charge >= 0.3 is 5.97 Å². The number of nitrogens with one attached hydrogen (secondary N) is 1. The number of hydrogen-bond donors (Lipinski definition) is 2. The highest BCUT2D eigenvalue weighted by atomic mass is 16.4. The van der Waals surface area contributed by atoms with Crippen molar-refractivity contribution < 1.29 is 19.1 Å². The van der Waals surface area contributed by atoms with Crippen LogP contribution in [0, 0.1) is 5.41 Å². The maximum absolute atomic E-state index is 12.3. The van der Waals surface area contributed by atoms with Gasteiger partial charge in [0.05, 0.1) is 11.0 Å². The van der Waals surface area contributed by atoms with Crippen LogP contribution in [0.3, 0.4) is 0 Å². The highest BCUT2D eigenvalue weighted by molar-refractivity contribution is 5.96. The van der Waals surface area contributed by atoms with E-state index in [0.717, 1.165) is 5.39 Å². The number of carboxylic acids is 1. The van der Waals surface area contributed by atoms with E-state index in [9.17, 15) is 14.7 Å². The van der Waals surface area contributed by atoms with Crippen molar-refractivity contribution in [2.75, 3.05) is 0 Å². The summed E-state index contributed by atoms with van der Waals surface area (Å²) in [7, 11) is 0. The first-order valence-electron chi connectivity index (χ1n) is 6.69. The molecular weight excluding hydrogens is 270 g/mol. The van der Waals surface area contributed by atoms with E-state index in [1.54, 1.807) is 39.8 Å². The van der Waals surface area contributed by atoms with Gasteiger partial charge in [0.25, 0.3) is 5.91 Å². The number of carboxylic acid groups (broad SMARTS) is 1. The molecule has 0 spiro atoms. The minimum absolute atomic E-state index is 0.172. The zero-order valence-corrected chi connectivity index (χ0v) is 12.6. The smallest absolute Gasteiger partial charge is 0.311 e. The predicted octanol–water partition coefficient (Wildman–Crippen LogP) is 3.05. The van der Waals surface area contributed by atoms with Gasteiger partial charge in [-0.15, -0.1) is 0 Å². The minimum Gasteiger partial charge on any atom is -0.481 e. The van der Waals surface area contributed by atoms with Gasteiger partial charge in [-0.05, 0) is 39.8 Å². The van der Waals surface area contributed by atoms with Crippen LogP contribution in [0.5, 0.6) is 0 Å². The molecule has 5 nitrogen and oxygen atoms in total. The summed E-state index contributed by atoms with van der Waals surface area (Å²) in [6.45, 7) is 6.52. The van der Waals surface area contributed by atoms with Gasteiger partial charge in [0.15, 0.2) is 5.76 Å². The molecule has 1 heterocycles. The molecule has 0 bridgehead atoms. The Balaban J connectivity index is 2.26. The summed E-state index contributed by atoms with van der Waals surface area (Å²) in [6.07, 6.45) is 0. The molecule has 112 valence electrons. The van der Waals surface area contributed by atoms with E-state index >= 15 is 0 Å². The molecule has 0 radical (unpaired) electrons. The maximum atomic E-state index is 12.3. The fourth-order valence-corrected chi connectivity index (χ4v) is 1.86. The van der Waals surface area contributed by atoms with Crippen molar-refractivity contribution in [3.8, 4) is 0 Å². The lowest BCUT2D eigenvalue weighted by molar-refractivity contribution is -0.150. The molecule has 0 fully saturated rings. The number of aliphatic carboxylic acids is 1. The summed E-state index contributed by atoms with van der Waals surface area (Å²) in [6, 6.07) is 8.96. The number of furan rings is 1. The van der Waals surface area contributed by atoms with E-state index in [1.807, 2.05) is 18.2 Å². The lowest BCUT2D eigenvalue weighted by atomic mass is 9.74. The molecule has 0 aliphatic rings. The molecule has 5 heteroatoms. The Morgan fingerprint density at radius 1 is 1.14 bits per heavy atom. The summed E-state index contributed by atoms with van der Waals surface area (Å²) in [5, 5.41) is 12.9. The maximum Gasteiger partial charge on any atom is 0.311 e. The quantitative estimate of drug-likeness (QED) is 0.906. The molecule has 0 aliphatic carbocycles. The van der Waals surface area contributed by atoms with Gasteiger partial charge in [0.2, 0.25) is 0 Å². The Labute approximate surface area is 122 Å². The predicted molar refractivity (Wildman–Crippen MR) is 79.2 cm³/mol. The van der Waals surface area contributed by atoms with Gasteiger partial charge in [-0.25, -0.2) is 0 Å². The first-order chi connectivity index (χ1) is 9.65. The Morgan fingerprint density at radius 2 is 1.76 bits per heavy atom. The Bertz CT molecular complexity index is 664. The van der Waals surface area contributed by atoms with Gasteiger partial charge in [-0.2, -0.15) is 0 Å². The second kappa shape index (κ2) is 4.91. The Hall–Kier alpha value is -2.30. The molecule has 2 N–H and O–H groups in total. The number of rotatable bonds is 4. The van der Waals surface area contributed by atoms with Crippen LogP contribution in [0.15, 0.2) is 34.7 Å². The van der Waals surface area contributed by atoms with Crippen LogP contribution < -0.4 is 5.32 Å². The van der Waals surface area contributed by atoms with Crippen LogP contribution in [-0.4, -0.2) is 22.5 Å².